The highest BCUT2D eigenvalue weighted by Crippen LogP contribution is 2.37. The number of ether oxygens (including phenoxy) is 2. The second kappa shape index (κ2) is 9.05. The van der Waals surface area contributed by atoms with Crippen molar-refractivity contribution in [2.24, 2.45) is 5.92 Å². The zero-order chi connectivity index (χ0) is 22.8. The number of benzene rings is 2. The predicted molar refractivity (Wildman–Crippen MR) is 108 cm³/mol. The van der Waals surface area contributed by atoms with Gasteiger partial charge in [0.05, 0.1) is 27.8 Å². The molecular weight excluding hydrogens is 459 g/mol. The first kappa shape index (κ1) is 23.4. The summed E-state index contributed by atoms with van der Waals surface area (Å²) in [6.07, 6.45) is -2.60. The molecule has 0 N–H and O–H groups in total. The highest BCUT2D eigenvalue weighted by molar-refractivity contribution is 7.92. The Balaban J connectivity index is 1.70. The average molecular weight is 478 g/mol. The number of carbonyl (C=O) groups excluding carboxylic acids is 1. The first-order chi connectivity index (χ1) is 14.5. The van der Waals surface area contributed by atoms with Crippen LogP contribution < -0.4 is 9.04 Å². The zero-order valence-corrected chi connectivity index (χ0v) is 17.9. The van der Waals surface area contributed by atoms with Crippen molar-refractivity contribution in [3.8, 4) is 5.75 Å². The van der Waals surface area contributed by atoms with Crippen molar-refractivity contribution >= 4 is 33.3 Å². The van der Waals surface area contributed by atoms with Crippen molar-refractivity contribution < 1.29 is 35.9 Å². The maximum atomic E-state index is 13.1. The fourth-order valence-electron chi connectivity index (χ4n) is 2.66. The van der Waals surface area contributed by atoms with Crippen molar-refractivity contribution in [2.45, 2.75) is 23.9 Å². The summed E-state index contributed by atoms with van der Waals surface area (Å²) in [7, 11) is -3.10. The summed E-state index contributed by atoms with van der Waals surface area (Å²) in [6, 6.07) is 7.87. The van der Waals surface area contributed by atoms with E-state index >= 15 is 0 Å². The van der Waals surface area contributed by atoms with Crippen molar-refractivity contribution in [1.82, 2.24) is 0 Å². The van der Waals surface area contributed by atoms with Gasteiger partial charge in [-0.15, -0.1) is 0 Å². The van der Waals surface area contributed by atoms with E-state index in [-0.39, 0.29) is 18.0 Å². The molecule has 0 unspecified atom stereocenters. The lowest BCUT2D eigenvalue weighted by Gasteiger charge is -2.20. The molecule has 0 heterocycles. The summed E-state index contributed by atoms with van der Waals surface area (Å²) in [5.74, 6) is 0.105. The van der Waals surface area contributed by atoms with Gasteiger partial charge in [0.2, 0.25) is 0 Å². The summed E-state index contributed by atoms with van der Waals surface area (Å²) in [4.78, 5) is 11.2. The fraction of sp³-hybridized carbons (Fsp3) is 0.350. The van der Waals surface area contributed by atoms with E-state index in [1.165, 1.54) is 31.3 Å². The highest BCUT2D eigenvalue weighted by Gasteiger charge is 2.35. The van der Waals surface area contributed by atoms with Crippen LogP contribution in [0.5, 0.6) is 5.75 Å². The number of carbonyl (C=O) groups is 1. The number of rotatable bonds is 8. The molecule has 1 saturated carbocycles. The van der Waals surface area contributed by atoms with Gasteiger partial charge in [0.15, 0.2) is 0 Å². The highest BCUT2D eigenvalue weighted by atomic mass is 35.5. The summed E-state index contributed by atoms with van der Waals surface area (Å²) in [5.41, 5.74) is -1.08. The summed E-state index contributed by atoms with van der Waals surface area (Å²) < 4.78 is 75.9. The topological polar surface area (TPSA) is 72.9 Å². The molecule has 168 valence electrons. The van der Waals surface area contributed by atoms with E-state index in [9.17, 15) is 26.4 Å². The minimum absolute atomic E-state index is 0.160. The Morgan fingerprint density at radius 3 is 2.39 bits per heavy atom. The van der Waals surface area contributed by atoms with Crippen LogP contribution in [0.1, 0.15) is 18.4 Å². The molecule has 0 bridgehead atoms. The Kier molecular flexibility index (Phi) is 6.82. The Bertz CT molecular complexity index is 1050. The van der Waals surface area contributed by atoms with E-state index in [2.05, 4.69) is 0 Å². The molecule has 3 rings (SSSR count). The van der Waals surface area contributed by atoms with Gasteiger partial charge in [-0.25, -0.2) is 13.2 Å². The smallest absolute Gasteiger partial charge is 0.417 e. The number of anilines is 1. The van der Waals surface area contributed by atoms with E-state index in [1.54, 1.807) is 0 Å². The Labute approximate surface area is 182 Å². The molecule has 1 fully saturated rings. The second-order valence-electron chi connectivity index (χ2n) is 7.04. The monoisotopic (exact) mass is 477 g/mol. The lowest BCUT2D eigenvalue weighted by Crippen LogP contribution is -2.27. The minimum Gasteiger partial charge on any atom is -0.425 e. The van der Waals surface area contributed by atoms with Gasteiger partial charge in [-0.1, -0.05) is 11.6 Å². The van der Waals surface area contributed by atoms with Gasteiger partial charge >= 0.3 is 12.1 Å². The lowest BCUT2D eigenvalue weighted by molar-refractivity contribution is -0.139. The van der Waals surface area contributed by atoms with E-state index < -0.39 is 37.7 Å². The third-order valence-electron chi connectivity index (χ3n) is 4.60. The number of hydrogen-bond donors (Lipinski definition) is 0. The fourth-order valence-corrected chi connectivity index (χ4v) is 4.10. The minimum atomic E-state index is -4.80. The molecule has 0 atom stereocenters. The molecule has 1 aliphatic rings. The molecule has 31 heavy (non-hydrogen) atoms. The zero-order valence-electron chi connectivity index (χ0n) is 16.4. The van der Waals surface area contributed by atoms with Gasteiger partial charge in [0, 0.05) is 7.05 Å². The third-order valence-corrected chi connectivity index (χ3v) is 6.72. The molecular formula is C20H19ClF3NO5S. The number of nitrogens with zero attached hydrogens (tertiary/aromatic N) is 1. The van der Waals surface area contributed by atoms with Crippen molar-refractivity contribution in [1.29, 1.82) is 0 Å². The average Bonchev–Trinajstić information content (AvgIpc) is 3.51. The van der Waals surface area contributed by atoms with Crippen molar-refractivity contribution in [3.63, 3.8) is 0 Å². The SMILES string of the molecule is CN(c1ccc(OC(=O)COCC2CC2)cc1)S(=O)(=O)c1ccc(Cl)c(C(F)(F)F)c1. The number of sulfonamides is 1. The van der Waals surface area contributed by atoms with E-state index in [0.717, 1.165) is 29.3 Å². The molecule has 2 aromatic carbocycles. The molecule has 0 aromatic heterocycles. The summed E-state index contributed by atoms with van der Waals surface area (Å²) in [5, 5.41) is -0.596. The summed E-state index contributed by atoms with van der Waals surface area (Å²) >= 11 is 5.56. The van der Waals surface area contributed by atoms with E-state index in [4.69, 9.17) is 21.1 Å². The van der Waals surface area contributed by atoms with Gasteiger partial charge in [0.1, 0.15) is 12.4 Å². The van der Waals surface area contributed by atoms with Crippen LogP contribution in [0.2, 0.25) is 5.02 Å². The Morgan fingerprint density at radius 2 is 1.81 bits per heavy atom. The number of esters is 1. The van der Waals surface area contributed by atoms with Gasteiger partial charge in [0.25, 0.3) is 10.0 Å². The van der Waals surface area contributed by atoms with Crippen molar-refractivity contribution in [2.75, 3.05) is 24.6 Å². The molecule has 6 nitrogen and oxygen atoms in total. The molecule has 1 aliphatic carbocycles. The molecule has 0 spiro atoms. The standard InChI is InChI=1S/C20H19ClF3NO5S/c1-25(31(27,28)16-8-9-18(21)17(10-16)20(22,23)24)14-4-6-15(7-5-14)30-19(26)12-29-11-13-2-3-13/h4-10,13H,2-3,11-12H2,1H3. The molecule has 0 radical (unpaired) electrons. The third kappa shape index (κ3) is 5.90. The van der Waals surface area contributed by atoms with Crippen LogP contribution in [-0.4, -0.2) is 34.6 Å². The van der Waals surface area contributed by atoms with Gasteiger partial charge in [-0.3, -0.25) is 4.31 Å². The maximum absolute atomic E-state index is 13.1. The number of alkyl halides is 3. The molecule has 0 amide bonds. The lowest BCUT2D eigenvalue weighted by atomic mass is 10.2. The van der Waals surface area contributed by atoms with Crippen LogP contribution >= 0.6 is 11.6 Å². The van der Waals surface area contributed by atoms with Gasteiger partial charge in [-0.2, -0.15) is 13.2 Å². The quantitative estimate of drug-likeness (QED) is 0.413. The number of halogens is 4. The predicted octanol–water partition coefficient (Wildman–Crippen LogP) is 4.52. The van der Waals surface area contributed by atoms with Crippen LogP contribution in [0.4, 0.5) is 18.9 Å². The maximum Gasteiger partial charge on any atom is 0.417 e. The first-order valence-corrected chi connectivity index (χ1v) is 11.0. The number of hydrogen-bond acceptors (Lipinski definition) is 5. The summed E-state index contributed by atoms with van der Waals surface area (Å²) in [6.45, 7) is 0.322. The van der Waals surface area contributed by atoms with Crippen LogP contribution in [0.25, 0.3) is 0 Å². The first-order valence-electron chi connectivity index (χ1n) is 9.22. The van der Waals surface area contributed by atoms with Crippen LogP contribution in [0.15, 0.2) is 47.4 Å². The largest absolute Gasteiger partial charge is 0.425 e. The molecule has 2 aromatic rings. The molecule has 0 aliphatic heterocycles. The molecule has 0 saturated heterocycles. The van der Waals surface area contributed by atoms with Crippen LogP contribution in [0.3, 0.4) is 0 Å². The normalized spacial score (nSPS) is 14.4. The van der Waals surface area contributed by atoms with Crippen molar-refractivity contribution in [3.05, 3.63) is 53.1 Å². The van der Waals surface area contributed by atoms with E-state index in [0.29, 0.717) is 18.6 Å². The van der Waals surface area contributed by atoms with Gasteiger partial charge in [-0.05, 0) is 61.2 Å². The van der Waals surface area contributed by atoms with E-state index in [1.807, 2.05) is 0 Å². The Morgan fingerprint density at radius 1 is 1.16 bits per heavy atom. The van der Waals surface area contributed by atoms with Gasteiger partial charge < -0.3 is 9.47 Å². The second-order valence-corrected chi connectivity index (χ2v) is 9.41. The van der Waals surface area contributed by atoms with Crippen LogP contribution in [0, 0.1) is 5.92 Å². The van der Waals surface area contributed by atoms with Crippen LogP contribution in [-0.2, 0) is 25.7 Å². The Hall–Kier alpha value is -2.30. The molecule has 11 heteroatoms.